The molecule has 17 heavy (non-hydrogen) atoms. The molecule has 0 saturated heterocycles. The molecule has 1 N–H and O–H groups in total. The Morgan fingerprint density at radius 3 is 2.88 bits per heavy atom. The van der Waals surface area contributed by atoms with E-state index in [4.69, 9.17) is 11.2 Å². The standard InChI is InChI=1S/C12H17N3O2/c1-5-6-13-12(16)10(4)17-11-7-14-15(8-11)9(2)3/h1,7-10H,6H2,2-4H3,(H,13,16). The summed E-state index contributed by atoms with van der Waals surface area (Å²) in [5.74, 6) is 2.67. The highest BCUT2D eigenvalue weighted by atomic mass is 16.5. The summed E-state index contributed by atoms with van der Waals surface area (Å²) in [5, 5.41) is 6.67. The summed E-state index contributed by atoms with van der Waals surface area (Å²) in [4.78, 5) is 11.5. The van der Waals surface area contributed by atoms with Crippen molar-refractivity contribution in [3.05, 3.63) is 12.4 Å². The molecule has 1 heterocycles. The van der Waals surface area contributed by atoms with Gasteiger partial charge in [-0.2, -0.15) is 5.10 Å². The van der Waals surface area contributed by atoms with E-state index in [0.29, 0.717) is 5.75 Å². The van der Waals surface area contributed by atoms with Gasteiger partial charge < -0.3 is 10.1 Å². The van der Waals surface area contributed by atoms with Crippen LogP contribution in [0, 0.1) is 12.3 Å². The van der Waals surface area contributed by atoms with E-state index in [1.807, 2.05) is 13.8 Å². The number of aromatic nitrogens is 2. The zero-order valence-electron chi connectivity index (χ0n) is 10.3. The van der Waals surface area contributed by atoms with Crippen molar-refractivity contribution >= 4 is 5.91 Å². The fourth-order valence-electron chi connectivity index (χ4n) is 1.20. The van der Waals surface area contributed by atoms with Crippen molar-refractivity contribution in [2.45, 2.75) is 32.9 Å². The van der Waals surface area contributed by atoms with Gasteiger partial charge in [-0.3, -0.25) is 9.48 Å². The second-order valence-electron chi connectivity index (χ2n) is 3.93. The molecule has 5 heteroatoms. The predicted octanol–water partition coefficient (Wildman–Crippen LogP) is 0.981. The zero-order valence-corrected chi connectivity index (χ0v) is 10.3. The Balaban J connectivity index is 2.52. The van der Waals surface area contributed by atoms with Gasteiger partial charge in [0.15, 0.2) is 11.9 Å². The van der Waals surface area contributed by atoms with E-state index in [0.717, 1.165) is 0 Å². The van der Waals surface area contributed by atoms with Crippen molar-refractivity contribution in [1.29, 1.82) is 0 Å². The van der Waals surface area contributed by atoms with Crippen molar-refractivity contribution in [3.63, 3.8) is 0 Å². The number of amides is 1. The summed E-state index contributed by atoms with van der Waals surface area (Å²) >= 11 is 0. The lowest BCUT2D eigenvalue weighted by atomic mass is 10.3. The highest BCUT2D eigenvalue weighted by Crippen LogP contribution is 2.13. The summed E-state index contributed by atoms with van der Waals surface area (Å²) in [7, 11) is 0. The second-order valence-corrected chi connectivity index (χ2v) is 3.93. The molecule has 1 amide bonds. The van der Waals surface area contributed by atoms with Crippen LogP contribution in [0.15, 0.2) is 12.4 Å². The van der Waals surface area contributed by atoms with Crippen molar-refractivity contribution < 1.29 is 9.53 Å². The first-order chi connectivity index (χ1) is 8.04. The average Bonchev–Trinajstić information content (AvgIpc) is 2.74. The van der Waals surface area contributed by atoms with E-state index in [9.17, 15) is 4.79 Å². The molecule has 1 unspecified atom stereocenters. The Morgan fingerprint density at radius 2 is 2.35 bits per heavy atom. The molecule has 0 aliphatic rings. The van der Waals surface area contributed by atoms with Gasteiger partial charge in [-0.05, 0) is 20.8 Å². The van der Waals surface area contributed by atoms with Crippen molar-refractivity contribution in [2.24, 2.45) is 0 Å². The van der Waals surface area contributed by atoms with Crippen LogP contribution < -0.4 is 10.1 Å². The number of hydrogen-bond donors (Lipinski definition) is 1. The maximum atomic E-state index is 11.5. The molecule has 1 aromatic rings. The molecule has 1 aromatic heterocycles. The number of nitrogens with one attached hydrogen (secondary N) is 1. The van der Waals surface area contributed by atoms with Crippen LogP contribution in [0.1, 0.15) is 26.8 Å². The van der Waals surface area contributed by atoms with Crippen molar-refractivity contribution in [2.75, 3.05) is 6.54 Å². The smallest absolute Gasteiger partial charge is 0.261 e. The SMILES string of the molecule is C#CCNC(=O)C(C)Oc1cnn(C(C)C)c1. The molecule has 0 aliphatic heterocycles. The lowest BCUT2D eigenvalue weighted by Crippen LogP contribution is -2.36. The van der Waals surface area contributed by atoms with Gasteiger partial charge in [-0.1, -0.05) is 5.92 Å². The van der Waals surface area contributed by atoms with Gasteiger partial charge in [0.25, 0.3) is 5.91 Å². The third-order valence-electron chi connectivity index (χ3n) is 2.15. The summed E-state index contributed by atoms with van der Waals surface area (Å²) in [6.45, 7) is 5.90. The molecule has 0 aliphatic carbocycles. The first-order valence-corrected chi connectivity index (χ1v) is 5.46. The van der Waals surface area contributed by atoms with Gasteiger partial charge in [0.1, 0.15) is 0 Å². The molecule has 0 fully saturated rings. The summed E-state index contributed by atoms with van der Waals surface area (Å²) in [6, 6.07) is 0.262. The third kappa shape index (κ3) is 3.83. The third-order valence-corrected chi connectivity index (χ3v) is 2.15. The fraction of sp³-hybridized carbons (Fsp3) is 0.500. The number of ether oxygens (including phenoxy) is 1. The maximum Gasteiger partial charge on any atom is 0.261 e. The minimum atomic E-state index is -0.590. The normalized spacial score (nSPS) is 11.9. The predicted molar refractivity (Wildman–Crippen MR) is 64.5 cm³/mol. The Bertz CT molecular complexity index is 418. The average molecular weight is 235 g/mol. The van der Waals surface area contributed by atoms with Gasteiger partial charge in [-0.25, -0.2) is 0 Å². The Labute approximate surface area is 101 Å². The van der Waals surface area contributed by atoms with E-state index in [1.165, 1.54) is 0 Å². The van der Waals surface area contributed by atoms with Gasteiger partial charge in [-0.15, -0.1) is 6.42 Å². The summed E-state index contributed by atoms with van der Waals surface area (Å²) < 4.78 is 7.21. The number of rotatable bonds is 5. The van der Waals surface area contributed by atoms with Gasteiger partial charge in [0, 0.05) is 6.04 Å². The van der Waals surface area contributed by atoms with E-state index < -0.39 is 6.10 Å². The van der Waals surface area contributed by atoms with Crippen LogP contribution in [0.2, 0.25) is 0 Å². The second kappa shape index (κ2) is 5.94. The topological polar surface area (TPSA) is 56.1 Å². The Kier molecular flexibility index (Phi) is 4.58. The summed E-state index contributed by atoms with van der Waals surface area (Å²) in [5.41, 5.74) is 0. The summed E-state index contributed by atoms with van der Waals surface area (Å²) in [6.07, 6.45) is 7.81. The maximum absolute atomic E-state index is 11.5. The van der Waals surface area contributed by atoms with Crippen LogP contribution in [-0.2, 0) is 4.79 Å². The Morgan fingerprint density at radius 1 is 1.65 bits per heavy atom. The molecular weight excluding hydrogens is 218 g/mol. The number of hydrogen-bond acceptors (Lipinski definition) is 3. The molecule has 1 rings (SSSR count). The van der Waals surface area contributed by atoms with E-state index in [1.54, 1.807) is 24.0 Å². The number of carbonyl (C=O) groups excluding carboxylic acids is 1. The number of terminal acetylenes is 1. The molecule has 0 bridgehead atoms. The lowest BCUT2D eigenvalue weighted by molar-refractivity contribution is -0.126. The highest BCUT2D eigenvalue weighted by Gasteiger charge is 2.14. The minimum absolute atomic E-state index is 0.206. The molecule has 5 nitrogen and oxygen atoms in total. The van der Waals surface area contributed by atoms with Crippen LogP contribution in [0.25, 0.3) is 0 Å². The molecule has 0 saturated carbocycles. The van der Waals surface area contributed by atoms with Crippen LogP contribution in [0.3, 0.4) is 0 Å². The largest absolute Gasteiger partial charge is 0.478 e. The minimum Gasteiger partial charge on any atom is -0.478 e. The van der Waals surface area contributed by atoms with Crippen molar-refractivity contribution in [1.82, 2.24) is 15.1 Å². The Hall–Kier alpha value is -1.96. The zero-order chi connectivity index (χ0) is 12.8. The van der Waals surface area contributed by atoms with E-state index in [-0.39, 0.29) is 18.5 Å². The lowest BCUT2D eigenvalue weighted by Gasteiger charge is -2.11. The molecule has 0 radical (unpaired) electrons. The molecule has 0 aromatic carbocycles. The molecule has 92 valence electrons. The molecule has 0 spiro atoms. The van der Waals surface area contributed by atoms with Crippen LogP contribution in [0.4, 0.5) is 0 Å². The van der Waals surface area contributed by atoms with Gasteiger partial charge in [0.2, 0.25) is 0 Å². The van der Waals surface area contributed by atoms with Gasteiger partial charge >= 0.3 is 0 Å². The van der Waals surface area contributed by atoms with Crippen LogP contribution >= 0.6 is 0 Å². The monoisotopic (exact) mass is 235 g/mol. The van der Waals surface area contributed by atoms with Gasteiger partial charge in [0.05, 0.1) is 18.9 Å². The van der Waals surface area contributed by atoms with Crippen molar-refractivity contribution in [3.8, 4) is 18.1 Å². The first kappa shape index (κ1) is 13.1. The first-order valence-electron chi connectivity index (χ1n) is 5.46. The molecular formula is C12H17N3O2. The van der Waals surface area contributed by atoms with E-state index >= 15 is 0 Å². The number of nitrogens with zero attached hydrogens (tertiary/aromatic N) is 2. The number of carbonyl (C=O) groups is 1. The van der Waals surface area contributed by atoms with Crippen LogP contribution in [0.5, 0.6) is 5.75 Å². The quantitative estimate of drug-likeness (QED) is 0.774. The van der Waals surface area contributed by atoms with E-state index in [2.05, 4.69) is 16.3 Å². The highest BCUT2D eigenvalue weighted by molar-refractivity contribution is 5.80. The molecule has 1 atom stereocenters. The fourth-order valence-corrected chi connectivity index (χ4v) is 1.20. The van der Waals surface area contributed by atoms with Crippen LogP contribution in [-0.4, -0.2) is 28.3 Å².